The number of hydrogen-bond acceptors (Lipinski definition) is 11. The zero-order chi connectivity index (χ0) is 50.5. The van der Waals surface area contributed by atoms with Gasteiger partial charge in [-0.15, -0.1) is 35.3 Å². The lowest BCUT2D eigenvalue weighted by molar-refractivity contribution is 0.0881. The van der Waals surface area contributed by atoms with Gasteiger partial charge in [0.05, 0.1) is 36.1 Å². The molecule has 0 unspecified atom stereocenters. The minimum absolute atomic E-state index is 0.554. The predicted octanol–water partition coefficient (Wildman–Crippen LogP) is 16.4. The molecule has 0 atom stereocenters. The molecule has 0 aromatic carbocycles. The number of nitrogens with zero attached hydrogens (tertiary/aromatic N) is 7. The molecule has 0 saturated carbocycles. The molecule has 70 heavy (non-hydrogen) atoms. The van der Waals surface area contributed by atoms with Crippen molar-refractivity contribution in [2.24, 2.45) is 0 Å². The maximum Gasteiger partial charge on any atom is 0.124 e. The van der Waals surface area contributed by atoms with Gasteiger partial charge in [0.15, 0.2) is 0 Å². The third kappa shape index (κ3) is 26.2. The van der Waals surface area contributed by atoms with Crippen LogP contribution >= 0.6 is 47.9 Å². The van der Waals surface area contributed by atoms with Gasteiger partial charge in [-0.25, -0.2) is 15.0 Å². The Kier molecular flexibility index (Phi) is 34.1. The van der Waals surface area contributed by atoms with Gasteiger partial charge in [0.25, 0.3) is 0 Å². The molecular formula is C55H91N9OS4Si. The molecule has 6 heterocycles. The Morgan fingerprint density at radius 2 is 1.19 bits per heavy atom. The van der Waals surface area contributed by atoms with Gasteiger partial charge in [0.2, 0.25) is 0 Å². The molecule has 0 radical (unpaired) electrons. The molecule has 0 amide bonds. The first-order valence-corrected chi connectivity index (χ1v) is 33.8. The van der Waals surface area contributed by atoms with Crippen LogP contribution in [0.1, 0.15) is 143 Å². The van der Waals surface area contributed by atoms with Crippen LogP contribution in [0.4, 0.5) is 0 Å². The van der Waals surface area contributed by atoms with Crippen LogP contribution in [0.5, 0.6) is 0 Å². The summed E-state index contributed by atoms with van der Waals surface area (Å²) in [5.74, 6) is 4.49. The van der Waals surface area contributed by atoms with Crippen molar-refractivity contribution in [3.05, 3.63) is 79.8 Å². The molecule has 390 valence electrons. The molecule has 1 aliphatic rings. The van der Waals surface area contributed by atoms with Crippen molar-refractivity contribution in [2.75, 3.05) is 49.8 Å². The number of thiol groups is 1. The molecule has 5 aromatic rings. The second-order valence-corrected chi connectivity index (χ2v) is 28.5. The maximum atomic E-state index is 5.96. The Labute approximate surface area is 444 Å². The van der Waals surface area contributed by atoms with Gasteiger partial charge in [-0.1, -0.05) is 130 Å². The van der Waals surface area contributed by atoms with Crippen molar-refractivity contribution in [3.63, 3.8) is 0 Å². The molecule has 10 nitrogen and oxygen atoms in total. The van der Waals surface area contributed by atoms with E-state index in [0.29, 0.717) is 6.73 Å². The number of H-pyrrole nitrogens is 2. The summed E-state index contributed by atoms with van der Waals surface area (Å²) in [4.78, 5) is 30.9. The number of hydrogen-bond donors (Lipinski definition) is 3. The predicted molar refractivity (Wildman–Crippen MR) is 313 cm³/mol. The van der Waals surface area contributed by atoms with Crippen LogP contribution in [0, 0.1) is 0 Å². The molecule has 0 saturated heterocycles. The van der Waals surface area contributed by atoms with E-state index < -0.39 is 8.07 Å². The van der Waals surface area contributed by atoms with Crippen LogP contribution in [-0.2, 0) is 11.5 Å². The topological polar surface area (TPSA) is 113 Å². The summed E-state index contributed by atoms with van der Waals surface area (Å²) in [6, 6.07) is 9.27. The van der Waals surface area contributed by atoms with Gasteiger partial charge in [0, 0.05) is 63.7 Å². The van der Waals surface area contributed by atoms with E-state index in [9.17, 15) is 0 Å². The van der Waals surface area contributed by atoms with Gasteiger partial charge in [-0.2, -0.15) is 12.6 Å². The van der Waals surface area contributed by atoms with Crippen molar-refractivity contribution < 1.29 is 4.74 Å². The molecular weight excluding hydrogens is 959 g/mol. The van der Waals surface area contributed by atoms with Gasteiger partial charge < -0.3 is 24.2 Å². The van der Waals surface area contributed by atoms with Crippen LogP contribution in [0.2, 0.25) is 25.7 Å². The fourth-order valence-corrected chi connectivity index (χ4v) is 11.3. The summed E-state index contributed by atoms with van der Waals surface area (Å²) in [7, 11) is 1.12. The summed E-state index contributed by atoms with van der Waals surface area (Å²) in [6.07, 6.45) is 37.3. The normalized spacial score (nSPS) is 12.6. The summed E-state index contributed by atoms with van der Waals surface area (Å²) in [6.45, 7) is 19.7. The summed E-state index contributed by atoms with van der Waals surface area (Å²) in [5.41, 5.74) is 7.07. The molecule has 6 rings (SSSR count). The van der Waals surface area contributed by atoms with E-state index in [1.807, 2.05) is 78.7 Å². The van der Waals surface area contributed by atoms with E-state index in [0.717, 1.165) is 75.9 Å². The number of pyridine rings is 2. The number of unbranched alkanes of at least 4 members (excludes halogenated alkanes) is 12. The Morgan fingerprint density at radius 3 is 1.70 bits per heavy atom. The summed E-state index contributed by atoms with van der Waals surface area (Å²) in [5, 5.41) is 3.35. The van der Waals surface area contributed by atoms with Crippen LogP contribution < -0.4 is 0 Å². The van der Waals surface area contributed by atoms with Crippen molar-refractivity contribution in [1.82, 2.24) is 44.4 Å². The van der Waals surface area contributed by atoms with E-state index in [-0.39, 0.29) is 0 Å². The number of imidazole rings is 3. The fraction of sp³-hybridized carbons (Fsp3) is 0.618. The lowest BCUT2D eigenvalue weighted by Crippen LogP contribution is -2.25. The first-order valence-electron chi connectivity index (χ1n) is 26.5. The smallest absolute Gasteiger partial charge is 0.124 e. The first-order chi connectivity index (χ1) is 34.1. The van der Waals surface area contributed by atoms with Gasteiger partial charge in [0.1, 0.15) is 21.8 Å². The number of aromatic nitrogens is 8. The highest BCUT2D eigenvalue weighted by molar-refractivity contribution is 7.99. The highest BCUT2D eigenvalue weighted by atomic mass is 32.2. The number of rotatable bonds is 30. The molecule has 0 fully saturated rings. The molecule has 2 N–H and O–H groups in total. The van der Waals surface area contributed by atoms with Crippen LogP contribution in [-0.4, -0.2) is 102 Å². The molecule has 15 heteroatoms. The average molecular weight is 1050 g/mol. The van der Waals surface area contributed by atoms with E-state index >= 15 is 0 Å². The lowest BCUT2D eigenvalue weighted by Gasteiger charge is -2.22. The number of ether oxygens (including phenoxy) is 1. The number of aromatic amines is 2. The van der Waals surface area contributed by atoms with Crippen molar-refractivity contribution in [3.8, 4) is 22.5 Å². The second-order valence-electron chi connectivity index (χ2n) is 19.1. The number of thioether (sulfide) groups is 3. The Bertz CT molecular complexity index is 2030. The quantitative estimate of drug-likeness (QED) is 0.0178. The third-order valence-corrected chi connectivity index (χ3v) is 16.7. The molecule has 1 aliphatic heterocycles. The zero-order valence-electron chi connectivity index (χ0n) is 44.5. The highest BCUT2D eigenvalue weighted by Crippen LogP contribution is 2.32. The Balaban J connectivity index is 0.000000264. The van der Waals surface area contributed by atoms with Crippen LogP contribution in [0.25, 0.3) is 28.1 Å². The van der Waals surface area contributed by atoms with E-state index in [1.54, 1.807) is 12.5 Å². The minimum atomic E-state index is -1.06. The van der Waals surface area contributed by atoms with Crippen molar-refractivity contribution >= 4 is 61.6 Å². The minimum Gasteiger partial charge on any atom is -0.361 e. The van der Waals surface area contributed by atoms with Gasteiger partial charge in [-0.05, 0) is 98.0 Å². The highest BCUT2D eigenvalue weighted by Gasteiger charge is 2.17. The van der Waals surface area contributed by atoms with Gasteiger partial charge >= 0.3 is 0 Å². The van der Waals surface area contributed by atoms with E-state index in [4.69, 9.17) is 4.74 Å². The third-order valence-electron chi connectivity index (χ3n) is 11.5. The summed E-state index contributed by atoms with van der Waals surface area (Å²) >= 11 is 9.67. The molecule has 0 bridgehead atoms. The Hall–Kier alpha value is -2.79. The monoisotopic (exact) mass is 1050 g/mol. The summed E-state index contributed by atoms with van der Waals surface area (Å²) < 4.78 is 8.08. The first kappa shape index (κ1) is 61.5. The number of nitrogens with one attached hydrogen (secondary N) is 2. The van der Waals surface area contributed by atoms with Crippen LogP contribution in [0.15, 0.2) is 89.2 Å². The standard InChI is InChI=1S/C20H33N3OSSi.C15H25N3S.C14H19N3S.C6H14S/c1-5-6-7-8-13-25-20-19(18-10-9-11-21-15-18)23(16-22-20)17-24-12-14-26(2,3)4;1-3-4-5-6-10-19-15-14(16-12-17-15)13-8-7-9-18(2)11-13;1-2-3-4-5-9-18-14-13(16-11-17-14)12-7-6-8-15-10-12;1-2-3-4-5-6-7/h9-11,15-16H,5-8,12-14,17H2,1-4H3;8,12H,3-7,9-11H2,1-2H3,(H,16,17);6-8,10-11H,2-5,9H2,1H3,(H,16,17);7H,2-6H2,1H3. The number of likely N-dealkylation sites (N-methyl/N-ethyl adjacent to an activating group) is 1. The molecule has 0 aliphatic carbocycles. The molecule has 0 spiro atoms. The largest absolute Gasteiger partial charge is 0.361 e. The van der Waals surface area contributed by atoms with Crippen LogP contribution in [0.3, 0.4) is 0 Å². The average Bonchev–Trinajstić information content (AvgIpc) is 4.15. The maximum absolute atomic E-state index is 5.96. The fourth-order valence-electron chi connectivity index (χ4n) is 7.34. The van der Waals surface area contributed by atoms with Crippen molar-refractivity contribution in [2.45, 2.75) is 184 Å². The lowest BCUT2D eigenvalue weighted by atomic mass is 10.1. The molecule has 5 aromatic heterocycles. The SMILES string of the molecule is CCCCCCS.CCCCCCSc1nc[nH]c1-c1cccnc1.CCCCCCSc1nc[nH]c1C1=CCCN(C)C1.CCCCCCSc1ncn(COCC[Si](C)(C)C)c1-c1cccnc1. The second kappa shape index (κ2) is 38.8. The van der Waals surface area contributed by atoms with E-state index in [2.05, 4.69) is 130 Å². The van der Waals surface area contributed by atoms with Gasteiger partial charge in [-0.3, -0.25) is 9.97 Å². The zero-order valence-corrected chi connectivity index (χ0v) is 48.9. The Morgan fingerprint density at radius 1 is 0.657 bits per heavy atom. The van der Waals surface area contributed by atoms with E-state index in [1.165, 1.54) is 131 Å². The van der Waals surface area contributed by atoms with Crippen molar-refractivity contribution in [1.29, 1.82) is 0 Å².